The normalized spacial score (nSPS) is 13.7. The first kappa shape index (κ1) is 17.8. The quantitative estimate of drug-likeness (QED) is 0.508. The van der Waals surface area contributed by atoms with Crippen LogP contribution in [0.4, 0.5) is 0 Å². The van der Waals surface area contributed by atoms with E-state index in [9.17, 15) is 14.4 Å². The van der Waals surface area contributed by atoms with Crippen LogP contribution in [-0.4, -0.2) is 47.5 Å². The van der Waals surface area contributed by atoms with Crippen LogP contribution in [-0.2, 0) is 14.4 Å². The topological polar surface area (TPSA) is 95.5 Å². The molecule has 2 amide bonds. The number of amides is 2. The van der Waals surface area contributed by atoms with Crippen molar-refractivity contribution in [2.24, 2.45) is 5.92 Å². The number of thioether (sulfide) groups is 1. The number of rotatable bonds is 10. The average Bonchev–Trinajstić information content (AvgIpc) is 2.32. The Hall–Kier alpha value is -1.24. The Balaban J connectivity index is 4.55. The highest BCUT2D eigenvalue weighted by Crippen LogP contribution is 2.06. The van der Waals surface area contributed by atoms with Gasteiger partial charge < -0.3 is 15.7 Å². The minimum absolute atomic E-state index is 0.157. The monoisotopic (exact) mass is 290 g/mol. The molecule has 0 aromatic carbocycles. The van der Waals surface area contributed by atoms with E-state index in [1.54, 1.807) is 11.8 Å². The Morgan fingerprint density at radius 1 is 1.32 bits per heavy atom. The maximum Gasteiger partial charge on any atom is 0.326 e. The van der Waals surface area contributed by atoms with Crippen LogP contribution in [0.15, 0.2) is 0 Å². The molecule has 0 spiro atoms. The van der Waals surface area contributed by atoms with E-state index in [0.717, 1.165) is 0 Å². The van der Waals surface area contributed by atoms with Gasteiger partial charge in [0, 0.05) is 0 Å². The lowest BCUT2D eigenvalue weighted by Gasteiger charge is -2.20. The van der Waals surface area contributed by atoms with Crippen LogP contribution in [0, 0.1) is 5.92 Å². The standard InChI is InChI=1S/C12H22N2O4S/c1-8(2)6-10(12(17)18)14-11(16)9(13-7-15)4-5-19-3/h7-10H,4-6H2,1-3H3,(H,13,15)(H,14,16)(H,17,18)/t9?,10-/m0/s1. The second-order valence-corrected chi connectivity index (χ2v) is 5.63. The van der Waals surface area contributed by atoms with Gasteiger partial charge in [-0.25, -0.2) is 4.79 Å². The molecule has 0 bridgehead atoms. The predicted octanol–water partition coefficient (Wildman–Crippen LogP) is 0.470. The summed E-state index contributed by atoms with van der Waals surface area (Å²) < 4.78 is 0. The molecule has 0 aromatic rings. The van der Waals surface area contributed by atoms with Crippen molar-refractivity contribution < 1.29 is 19.5 Å². The Kier molecular flexibility index (Phi) is 9.03. The van der Waals surface area contributed by atoms with Crippen molar-refractivity contribution in [3.05, 3.63) is 0 Å². The van der Waals surface area contributed by atoms with E-state index in [2.05, 4.69) is 10.6 Å². The van der Waals surface area contributed by atoms with Gasteiger partial charge in [0.25, 0.3) is 0 Å². The molecule has 3 N–H and O–H groups in total. The van der Waals surface area contributed by atoms with Crippen LogP contribution in [0.3, 0.4) is 0 Å². The van der Waals surface area contributed by atoms with E-state index in [-0.39, 0.29) is 5.92 Å². The van der Waals surface area contributed by atoms with Gasteiger partial charge in [0.1, 0.15) is 12.1 Å². The molecule has 0 aliphatic heterocycles. The van der Waals surface area contributed by atoms with Crippen LogP contribution in [0.2, 0.25) is 0 Å². The van der Waals surface area contributed by atoms with Crippen molar-refractivity contribution in [1.82, 2.24) is 10.6 Å². The van der Waals surface area contributed by atoms with Gasteiger partial charge in [-0.1, -0.05) is 13.8 Å². The smallest absolute Gasteiger partial charge is 0.326 e. The first-order chi connectivity index (χ1) is 8.92. The van der Waals surface area contributed by atoms with Crippen LogP contribution in [0.25, 0.3) is 0 Å². The van der Waals surface area contributed by atoms with Gasteiger partial charge in [0.05, 0.1) is 0 Å². The van der Waals surface area contributed by atoms with Crippen molar-refractivity contribution in [3.8, 4) is 0 Å². The number of aliphatic carboxylic acids is 1. The maximum absolute atomic E-state index is 11.9. The number of carboxylic acid groups (broad SMARTS) is 1. The summed E-state index contributed by atoms with van der Waals surface area (Å²) in [6.45, 7) is 3.77. The van der Waals surface area contributed by atoms with Crippen molar-refractivity contribution in [1.29, 1.82) is 0 Å². The van der Waals surface area contributed by atoms with Crippen molar-refractivity contribution >= 4 is 30.0 Å². The van der Waals surface area contributed by atoms with E-state index in [0.29, 0.717) is 25.0 Å². The molecule has 0 heterocycles. The Morgan fingerprint density at radius 2 is 1.95 bits per heavy atom. The molecule has 19 heavy (non-hydrogen) atoms. The minimum Gasteiger partial charge on any atom is -0.480 e. The van der Waals surface area contributed by atoms with Crippen molar-refractivity contribution in [2.45, 2.75) is 38.8 Å². The fourth-order valence-corrected chi connectivity index (χ4v) is 2.04. The molecule has 0 fully saturated rings. The summed E-state index contributed by atoms with van der Waals surface area (Å²) in [5.74, 6) is -0.642. The third kappa shape index (κ3) is 7.71. The predicted molar refractivity (Wildman–Crippen MR) is 75.0 cm³/mol. The van der Waals surface area contributed by atoms with Crippen LogP contribution >= 0.6 is 11.8 Å². The minimum atomic E-state index is -1.06. The highest BCUT2D eigenvalue weighted by atomic mass is 32.2. The molecule has 0 rings (SSSR count). The average molecular weight is 290 g/mol. The first-order valence-corrected chi connectivity index (χ1v) is 7.53. The molecule has 2 atom stereocenters. The fourth-order valence-electron chi connectivity index (χ4n) is 1.57. The third-order valence-electron chi connectivity index (χ3n) is 2.52. The molecule has 6 nitrogen and oxygen atoms in total. The zero-order chi connectivity index (χ0) is 14.8. The van der Waals surface area contributed by atoms with Crippen LogP contribution in [0.5, 0.6) is 0 Å². The zero-order valence-electron chi connectivity index (χ0n) is 11.5. The van der Waals surface area contributed by atoms with Crippen molar-refractivity contribution in [2.75, 3.05) is 12.0 Å². The van der Waals surface area contributed by atoms with Gasteiger partial charge in [-0.3, -0.25) is 9.59 Å². The SMILES string of the molecule is CSCCC(NC=O)C(=O)N[C@@H](CC(C)C)C(=O)O. The molecular formula is C12H22N2O4S. The zero-order valence-corrected chi connectivity index (χ0v) is 12.3. The highest BCUT2D eigenvalue weighted by molar-refractivity contribution is 7.98. The summed E-state index contributed by atoms with van der Waals surface area (Å²) in [6, 6.07) is -1.60. The van der Waals surface area contributed by atoms with Gasteiger partial charge in [-0.15, -0.1) is 0 Å². The molecule has 0 aliphatic carbocycles. The van der Waals surface area contributed by atoms with Gasteiger partial charge in [0.2, 0.25) is 12.3 Å². The second kappa shape index (κ2) is 9.66. The highest BCUT2D eigenvalue weighted by Gasteiger charge is 2.25. The van der Waals surface area contributed by atoms with E-state index in [1.165, 1.54) is 0 Å². The summed E-state index contributed by atoms with van der Waals surface area (Å²) in [6.07, 6.45) is 3.19. The molecule has 1 unspecified atom stereocenters. The second-order valence-electron chi connectivity index (χ2n) is 4.65. The number of hydrogen-bond donors (Lipinski definition) is 3. The lowest BCUT2D eigenvalue weighted by Crippen LogP contribution is -2.50. The number of hydrogen-bond acceptors (Lipinski definition) is 4. The van der Waals surface area contributed by atoms with Crippen LogP contribution in [0.1, 0.15) is 26.7 Å². The van der Waals surface area contributed by atoms with E-state index < -0.39 is 24.0 Å². The molecule has 110 valence electrons. The maximum atomic E-state index is 11.9. The largest absolute Gasteiger partial charge is 0.480 e. The molecule has 0 saturated heterocycles. The fraction of sp³-hybridized carbons (Fsp3) is 0.750. The van der Waals surface area contributed by atoms with Gasteiger partial charge in [-0.05, 0) is 30.8 Å². The number of carbonyl (C=O) groups is 3. The van der Waals surface area contributed by atoms with E-state index >= 15 is 0 Å². The molecule has 7 heteroatoms. The van der Waals surface area contributed by atoms with Gasteiger partial charge >= 0.3 is 5.97 Å². The van der Waals surface area contributed by atoms with E-state index in [1.807, 2.05) is 20.1 Å². The molecular weight excluding hydrogens is 268 g/mol. The summed E-state index contributed by atoms with van der Waals surface area (Å²) in [5.41, 5.74) is 0. The van der Waals surface area contributed by atoms with Crippen LogP contribution < -0.4 is 10.6 Å². The summed E-state index contributed by atoms with van der Waals surface area (Å²) in [4.78, 5) is 33.5. The Morgan fingerprint density at radius 3 is 2.37 bits per heavy atom. The summed E-state index contributed by atoms with van der Waals surface area (Å²) >= 11 is 1.56. The number of carboxylic acids is 1. The third-order valence-corrected chi connectivity index (χ3v) is 3.16. The molecule has 0 saturated carbocycles. The molecule has 0 aromatic heterocycles. The summed E-state index contributed by atoms with van der Waals surface area (Å²) in [7, 11) is 0. The lowest BCUT2D eigenvalue weighted by molar-refractivity contribution is -0.142. The Labute approximate surface area is 117 Å². The lowest BCUT2D eigenvalue weighted by atomic mass is 10.0. The number of carbonyl (C=O) groups excluding carboxylic acids is 2. The number of nitrogens with one attached hydrogen (secondary N) is 2. The molecule has 0 aliphatic rings. The van der Waals surface area contributed by atoms with E-state index in [4.69, 9.17) is 5.11 Å². The van der Waals surface area contributed by atoms with Gasteiger partial charge in [-0.2, -0.15) is 11.8 Å². The summed E-state index contributed by atoms with van der Waals surface area (Å²) in [5, 5.41) is 13.9. The van der Waals surface area contributed by atoms with Gasteiger partial charge in [0.15, 0.2) is 0 Å². The Bertz CT molecular complexity index is 310. The van der Waals surface area contributed by atoms with Crippen molar-refractivity contribution in [3.63, 3.8) is 0 Å². The molecule has 0 radical (unpaired) electrons. The first-order valence-electron chi connectivity index (χ1n) is 6.14.